The van der Waals surface area contributed by atoms with Crippen LogP contribution in [0, 0.1) is 0 Å². The fourth-order valence-electron chi connectivity index (χ4n) is 4.79. The second kappa shape index (κ2) is 11.2. The van der Waals surface area contributed by atoms with E-state index in [1.54, 1.807) is 22.7 Å². The summed E-state index contributed by atoms with van der Waals surface area (Å²) in [5, 5.41) is 3.52. The average molecular weight is 557 g/mol. The number of ether oxygens (including phenoxy) is 1. The number of pyridine rings is 1. The third-order valence-corrected chi connectivity index (χ3v) is 7.11. The number of alkyl halides is 3. The quantitative estimate of drug-likeness (QED) is 0.280. The van der Waals surface area contributed by atoms with Gasteiger partial charge in [-0.25, -0.2) is 4.98 Å². The maximum Gasteiger partial charge on any atom is 0.416 e. The monoisotopic (exact) mass is 556 g/mol. The molecular weight excluding hydrogens is 529 g/mol. The van der Waals surface area contributed by atoms with Gasteiger partial charge in [0.25, 0.3) is 5.91 Å². The topological polar surface area (TPSA) is 58.9 Å². The highest BCUT2D eigenvalue weighted by Crippen LogP contribution is 2.31. The van der Waals surface area contributed by atoms with Crippen molar-refractivity contribution in [2.45, 2.75) is 45.0 Å². The van der Waals surface area contributed by atoms with Crippen molar-refractivity contribution in [1.29, 1.82) is 0 Å². The second-order valence-electron chi connectivity index (χ2n) is 9.51. The molecule has 39 heavy (non-hydrogen) atoms. The van der Waals surface area contributed by atoms with Crippen molar-refractivity contribution in [2.75, 3.05) is 18.0 Å². The summed E-state index contributed by atoms with van der Waals surface area (Å²) in [4.78, 5) is 19.8. The minimum Gasteiger partial charge on any atom is -0.490 e. The molecule has 0 aliphatic carbocycles. The highest BCUT2D eigenvalue weighted by atomic mass is 35.5. The molecule has 4 aromatic rings. The molecule has 1 amide bonds. The summed E-state index contributed by atoms with van der Waals surface area (Å²) in [7, 11) is 0. The molecule has 1 fully saturated rings. The Morgan fingerprint density at radius 2 is 1.74 bits per heavy atom. The number of fused-ring (bicyclic) bond motifs is 1. The fraction of sp³-hybridized carbons (Fsp3) is 0.310. The Labute approximate surface area is 229 Å². The van der Waals surface area contributed by atoms with E-state index in [9.17, 15) is 18.0 Å². The van der Waals surface area contributed by atoms with Crippen molar-refractivity contribution in [3.8, 4) is 5.75 Å². The maximum atomic E-state index is 13.0. The lowest BCUT2D eigenvalue weighted by atomic mass is 10.1. The minimum absolute atomic E-state index is 0.0463. The molecule has 204 valence electrons. The predicted molar refractivity (Wildman–Crippen MR) is 144 cm³/mol. The molecule has 1 aliphatic heterocycles. The molecule has 0 bridgehead atoms. The minimum atomic E-state index is -4.35. The molecule has 1 N–H and O–H groups in total. The zero-order chi connectivity index (χ0) is 27.6. The van der Waals surface area contributed by atoms with Crippen molar-refractivity contribution in [3.05, 3.63) is 94.4 Å². The van der Waals surface area contributed by atoms with Gasteiger partial charge in [-0.15, -0.1) is 0 Å². The number of rotatable bonds is 7. The first-order chi connectivity index (χ1) is 18.7. The number of amides is 1. The van der Waals surface area contributed by atoms with E-state index < -0.39 is 11.7 Å². The van der Waals surface area contributed by atoms with Crippen LogP contribution in [0.1, 0.15) is 47.1 Å². The van der Waals surface area contributed by atoms with Crippen molar-refractivity contribution < 1.29 is 22.7 Å². The molecule has 3 heterocycles. The van der Waals surface area contributed by atoms with Crippen LogP contribution in [0.3, 0.4) is 0 Å². The van der Waals surface area contributed by atoms with Crippen LogP contribution in [0.25, 0.3) is 5.65 Å². The zero-order valence-electron chi connectivity index (χ0n) is 21.3. The number of nitrogens with one attached hydrogen (secondary N) is 1. The van der Waals surface area contributed by atoms with E-state index in [4.69, 9.17) is 16.3 Å². The molecular formula is C29H28ClF3N4O2. The first-order valence-electron chi connectivity index (χ1n) is 12.8. The lowest BCUT2D eigenvalue weighted by Crippen LogP contribution is -2.38. The van der Waals surface area contributed by atoms with Gasteiger partial charge in [0.15, 0.2) is 0 Å². The van der Waals surface area contributed by atoms with Gasteiger partial charge < -0.3 is 15.0 Å². The highest BCUT2D eigenvalue weighted by molar-refractivity contribution is 6.30. The first-order valence-corrected chi connectivity index (χ1v) is 13.2. The molecule has 1 aliphatic rings. The van der Waals surface area contributed by atoms with Gasteiger partial charge in [0, 0.05) is 44.4 Å². The van der Waals surface area contributed by atoms with Crippen LogP contribution in [0.15, 0.2) is 66.9 Å². The van der Waals surface area contributed by atoms with E-state index in [0.717, 1.165) is 55.0 Å². The van der Waals surface area contributed by atoms with Gasteiger partial charge in [0.1, 0.15) is 23.2 Å². The molecule has 0 spiro atoms. The Morgan fingerprint density at radius 3 is 2.38 bits per heavy atom. The van der Waals surface area contributed by atoms with Crippen LogP contribution in [0.4, 0.5) is 18.9 Å². The molecule has 0 saturated carbocycles. The summed E-state index contributed by atoms with van der Waals surface area (Å²) in [5.74, 6) is 0.242. The summed E-state index contributed by atoms with van der Waals surface area (Å²) in [6.45, 7) is 3.89. The van der Waals surface area contributed by atoms with Crippen molar-refractivity contribution in [1.82, 2.24) is 14.7 Å². The largest absolute Gasteiger partial charge is 0.490 e. The summed E-state index contributed by atoms with van der Waals surface area (Å²) in [5.41, 5.74) is 3.25. The van der Waals surface area contributed by atoms with E-state index in [1.807, 2.05) is 31.2 Å². The molecule has 0 atom stereocenters. The number of imidazole rings is 1. The molecule has 0 unspecified atom stereocenters. The summed E-state index contributed by atoms with van der Waals surface area (Å²) in [6, 6.07) is 16.4. The van der Waals surface area contributed by atoms with E-state index in [-0.39, 0.29) is 12.0 Å². The number of hydrogen-bond acceptors (Lipinski definition) is 4. The van der Waals surface area contributed by atoms with Crippen molar-refractivity contribution >= 4 is 28.8 Å². The van der Waals surface area contributed by atoms with E-state index >= 15 is 0 Å². The first kappa shape index (κ1) is 26.9. The Morgan fingerprint density at radius 1 is 1.05 bits per heavy atom. The predicted octanol–water partition coefficient (Wildman–Crippen LogP) is 6.55. The number of piperidine rings is 1. The van der Waals surface area contributed by atoms with Gasteiger partial charge in [-0.05, 0) is 60.5 Å². The van der Waals surface area contributed by atoms with E-state index in [0.29, 0.717) is 35.1 Å². The summed E-state index contributed by atoms with van der Waals surface area (Å²) < 4.78 is 45.9. The van der Waals surface area contributed by atoms with Crippen LogP contribution in [0.2, 0.25) is 5.02 Å². The lowest BCUT2D eigenvalue weighted by Gasteiger charge is -2.33. The Balaban J connectivity index is 1.14. The molecule has 0 radical (unpaired) electrons. The molecule has 2 aromatic carbocycles. The number of carbonyl (C=O) groups excluding carboxylic acids is 1. The van der Waals surface area contributed by atoms with Gasteiger partial charge >= 0.3 is 6.18 Å². The smallest absolute Gasteiger partial charge is 0.416 e. The summed E-state index contributed by atoms with van der Waals surface area (Å²) >= 11 is 6.14. The number of aryl methyl sites for hydroxylation is 1. The normalized spacial score (nSPS) is 14.5. The maximum absolute atomic E-state index is 13.0. The zero-order valence-corrected chi connectivity index (χ0v) is 22.1. The van der Waals surface area contributed by atoms with Crippen molar-refractivity contribution in [3.63, 3.8) is 0 Å². The Kier molecular flexibility index (Phi) is 7.70. The van der Waals surface area contributed by atoms with Crippen molar-refractivity contribution in [2.24, 2.45) is 0 Å². The fourth-order valence-corrected chi connectivity index (χ4v) is 4.95. The van der Waals surface area contributed by atoms with Crippen LogP contribution < -0.4 is 15.0 Å². The molecule has 1 saturated heterocycles. The average Bonchev–Trinajstić information content (AvgIpc) is 3.30. The number of anilines is 1. The molecule has 6 nitrogen and oxygen atoms in total. The van der Waals surface area contributed by atoms with Crippen LogP contribution >= 0.6 is 11.6 Å². The number of aromatic nitrogens is 2. The van der Waals surface area contributed by atoms with Crippen LogP contribution in [-0.4, -0.2) is 34.5 Å². The number of carbonyl (C=O) groups is 1. The third kappa shape index (κ3) is 6.14. The van der Waals surface area contributed by atoms with Gasteiger partial charge in [0.2, 0.25) is 0 Å². The van der Waals surface area contributed by atoms with Crippen LogP contribution in [-0.2, 0) is 19.1 Å². The third-order valence-electron chi connectivity index (χ3n) is 6.89. The standard InChI is InChI=1S/C29H28ClF3N4O2/c1-2-25-27(37-18-21(30)7-12-26(37)35-25)28(38)34-17-19-3-8-22(9-4-19)36-15-13-24(14-16-36)39-23-10-5-20(6-11-23)29(31,32)33/h3-12,18,24H,2,13-17H2,1H3,(H,34,38). The number of halogens is 4. The summed E-state index contributed by atoms with van der Waals surface area (Å²) in [6.07, 6.45) is -0.542. The van der Waals surface area contributed by atoms with Gasteiger partial charge in [-0.2, -0.15) is 13.2 Å². The van der Waals surface area contributed by atoms with Gasteiger partial charge in [0.05, 0.1) is 16.3 Å². The lowest BCUT2D eigenvalue weighted by molar-refractivity contribution is -0.137. The van der Waals surface area contributed by atoms with E-state index in [2.05, 4.69) is 15.2 Å². The SMILES string of the molecule is CCc1nc2ccc(Cl)cn2c1C(=O)NCc1ccc(N2CCC(Oc3ccc(C(F)(F)F)cc3)CC2)cc1. The molecule has 5 rings (SSSR count). The molecule has 10 heteroatoms. The van der Waals surface area contributed by atoms with E-state index in [1.165, 1.54) is 12.1 Å². The number of benzene rings is 2. The second-order valence-corrected chi connectivity index (χ2v) is 9.95. The Hall–Kier alpha value is -3.72. The van der Waals surface area contributed by atoms with Gasteiger partial charge in [-0.1, -0.05) is 30.7 Å². The number of nitrogens with zero attached hydrogens (tertiary/aromatic N) is 3. The number of hydrogen-bond donors (Lipinski definition) is 1. The highest BCUT2D eigenvalue weighted by Gasteiger charge is 2.30. The van der Waals surface area contributed by atoms with Crippen LogP contribution in [0.5, 0.6) is 5.75 Å². The van der Waals surface area contributed by atoms with Gasteiger partial charge in [-0.3, -0.25) is 9.20 Å². The Bertz CT molecular complexity index is 1440. The molecule has 2 aromatic heterocycles.